The van der Waals surface area contributed by atoms with Crippen molar-refractivity contribution in [1.82, 2.24) is 0 Å². The van der Waals surface area contributed by atoms with Gasteiger partial charge in [0.2, 0.25) is 5.78 Å². The molecule has 0 radical (unpaired) electrons. The van der Waals surface area contributed by atoms with Crippen LogP contribution in [0.2, 0.25) is 5.02 Å². The number of hydrogen-bond acceptors (Lipinski definition) is 6. The molecule has 6 nitrogen and oxygen atoms in total. The molecule has 0 amide bonds. The van der Waals surface area contributed by atoms with Crippen LogP contribution < -0.4 is 10.5 Å². The van der Waals surface area contributed by atoms with Crippen LogP contribution in [0.25, 0.3) is 0 Å². The smallest absolute Gasteiger partial charge is 0.350 e. The van der Waals surface area contributed by atoms with Crippen LogP contribution in [0.15, 0.2) is 35.5 Å². The number of carbonyl (C=O) groups excluding carboxylic acids is 2. The summed E-state index contributed by atoms with van der Waals surface area (Å²) in [6, 6.07) is 8.14. The van der Waals surface area contributed by atoms with Crippen molar-refractivity contribution >= 4 is 23.4 Å². The highest BCUT2D eigenvalue weighted by atomic mass is 35.5. The largest absolute Gasteiger partial charge is 0.476 e. The fourth-order valence-electron chi connectivity index (χ4n) is 1.59. The third-order valence-corrected chi connectivity index (χ3v) is 3.05. The first-order chi connectivity index (χ1) is 10.7. The lowest BCUT2D eigenvalue weighted by Gasteiger charge is -2.24. The Labute approximate surface area is 139 Å². The summed E-state index contributed by atoms with van der Waals surface area (Å²) in [7, 11) is 0. The second kappa shape index (κ2) is 7.65. The van der Waals surface area contributed by atoms with Crippen molar-refractivity contribution < 1.29 is 19.1 Å². The summed E-state index contributed by atoms with van der Waals surface area (Å²) in [4.78, 5) is 23.8. The van der Waals surface area contributed by atoms with Gasteiger partial charge in [-0.15, -0.1) is 0 Å². The Balaban J connectivity index is 2.69. The summed E-state index contributed by atoms with van der Waals surface area (Å²) in [6.07, 6.45) is 0. The van der Waals surface area contributed by atoms with Gasteiger partial charge in [0, 0.05) is 10.7 Å². The number of carbonyl (C=O) groups is 2. The second-order valence-electron chi connectivity index (χ2n) is 5.24. The van der Waals surface area contributed by atoms with Crippen molar-refractivity contribution in [3.05, 3.63) is 40.6 Å². The lowest BCUT2D eigenvalue weighted by molar-refractivity contribution is -0.161. The number of nitrogens with zero attached hydrogens (tertiary/aromatic N) is 1. The molecule has 1 rings (SSSR count). The van der Waals surface area contributed by atoms with Gasteiger partial charge in [-0.05, 0) is 45.0 Å². The van der Waals surface area contributed by atoms with Crippen molar-refractivity contribution in [3.8, 4) is 11.8 Å². The molecule has 2 N–H and O–H groups in total. The molecule has 0 heterocycles. The molecule has 1 aromatic carbocycles. The molecule has 122 valence electrons. The van der Waals surface area contributed by atoms with E-state index in [0.717, 1.165) is 0 Å². The molecule has 0 aliphatic rings. The molecule has 0 fully saturated rings. The Hall–Kier alpha value is -2.52. The van der Waals surface area contributed by atoms with Crippen molar-refractivity contribution in [1.29, 1.82) is 5.26 Å². The number of allylic oxidation sites excluding steroid dienone is 1. The summed E-state index contributed by atoms with van der Waals surface area (Å²) in [5, 5.41) is 9.36. The summed E-state index contributed by atoms with van der Waals surface area (Å²) < 4.78 is 10.5. The van der Waals surface area contributed by atoms with Crippen LogP contribution in [0, 0.1) is 11.3 Å². The number of halogens is 1. The van der Waals surface area contributed by atoms with Crippen LogP contribution in [0.5, 0.6) is 5.75 Å². The van der Waals surface area contributed by atoms with E-state index in [2.05, 4.69) is 0 Å². The normalized spacial score (nSPS) is 12.0. The fraction of sp³-hybridized carbons (Fsp3) is 0.312. The van der Waals surface area contributed by atoms with E-state index in [9.17, 15) is 9.59 Å². The van der Waals surface area contributed by atoms with Crippen LogP contribution in [-0.4, -0.2) is 24.0 Å². The van der Waals surface area contributed by atoms with Crippen molar-refractivity contribution in [2.75, 3.05) is 6.61 Å². The molecule has 0 saturated heterocycles. The summed E-state index contributed by atoms with van der Waals surface area (Å²) in [5.41, 5.74) is 3.94. The number of ether oxygens (including phenoxy) is 2. The Bertz CT molecular complexity index is 668. The van der Waals surface area contributed by atoms with Gasteiger partial charge in [-0.25, -0.2) is 4.79 Å². The minimum atomic E-state index is -1.32. The Morgan fingerprint density at radius 2 is 1.87 bits per heavy atom. The lowest BCUT2D eigenvalue weighted by Crippen LogP contribution is -2.40. The second-order valence-corrected chi connectivity index (χ2v) is 5.67. The number of benzene rings is 1. The number of Topliss-reactive ketones (excluding diaryl/α,β-unsaturated/α-hetero) is 1. The van der Waals surface area contributed by atoms with Gasteiger partial charge in [0.05, 0.1) is 0 Å². The Morgan fingerprint density at radius 1 is 1.30 bits per heavy atom. The zero-order valence-electron chi connectivity index (χ0n) is 13.1. The van der Waals surface area contributed by atoms with Crippen molar-refractivity contribution in [2.45, 2.75) is 26.4 Å². The zero-order chi connectivity index (χ0) is 17.6. The van der Waals surface area contributed by atoms with Crippen LogP contribution in [0.4, 0.5) is 0 Å². The van der Waals surface area contributed by atoms with Crippen LogP contribution >= 0.6 is 11.6 Å². The highest BCUT2D eigenvalue weighted by Gasteiger charge is 2.32. The van der Waals surface area contributed by atoms with Crippen molar-refractivity contribution in [3.63, 3.8) is 0 Å². The lowest BCUT2D eigenvalue weighted by atomic mass is 10.1. The van der Waals surface area contributed by atoms with Crippen LogP contribution in [-0.2, 0) is 14.3 Å². The van der Waals surface area contributed by atoms with Gasteiger partial charge in [0.25, 0.3) is 0 Å². The molecular weight excluding hydrogens is 320 g/mol. The third kappa shape index (κ3) is 5.31. The quantitative estimate of drug-likeness (QED) is 0.486. The summed E-state index contributed by atoms with van der Waals surface area (Å²) in [6.45, 7) is 3.85. The molecule has 0 aromatic heterocycles. The van der Waals surface area contributed by atoms with Gasteiger partial charge in [-0.1, -0.05) is 11.6 Å². The molecule has 0 aliphatic heterocycles. The van der Waals surface area contributed by atoms with Gasteiger partial charge in [-0.2, -0.15) is 5.26 Å². The van der Waals surface area contributed by atoms with Gasteiger partial charge in [0.1, 0.15) is 17.4 Å². The number of nitrogens with two attached hydrogens (primary N) is 1. The first kappa shape index (κ1) is 18.5. The van der Waals surface area contributed by atoms with E-state index in [1.807, 2.05) is 0 Å². The standard InChI is InChI=1S/C16H17ClN2O4/c1-10(19)13(8-18)14(20)9-22-15(21)16(2,3)23-12-6-4-11(17)5-7-12/h4-7H,9,19H2,1-3H3/b13-10+. The molecule has 0 atom stereocenters. The van der Waals surface area contributed by atoms with Gasteiger partial charge in [0.15, 0.2) is 12.2 Å². The van der Waals surface area contributed by atoms with E-state index in [1.54, 1.807) is 30.3 Å². The minimum Gasteiger partial charge on any atom is -0.476 e. The average Bonchev–Trinajstić information content (AvgIpc) is 2.47. The van der Waals surface area contributed by atoms with E-state index < -0.39 is 24.0 Å². The monoisotopic (exact) mass is 336 g/mol. The molecule has 1 aromatic rings. The molecule has 0 unspecified atom stereocenters. The van der Waals surface area contributed by atoms with E-state index in [-0.39, 0.29) is 11.3 Å². The number of hydrogen-bond donors (Lipinski definition) is 1. The number of nitriles is 1. The van der Waals surface area contributed by atoms with Gasteiger partial charge in [-0.3, -0.25) is 4.79 Å². The molecule has 0 aliphatic carbocycles. The maximum atomic E-state index is 12.1. The zero-order valence-corrected chi connectivity index (χ0v) is 13.8. The first-order valence-corrected chi connectivity index (χ1v) is 7.06. The molecular formula is C16H17ClN2O4. The highest BCUT2D eigenvalue weighted by Crippen LogP contribution is 2.21. The average molecular weight is 337 g/mol. The first-order valence-electron chi connectivity index (χ1n) is 6.69. The van der Waals surface area contributed by atoms with Gasteiger partial charge >= 0.3 is 5.97 Å². The number of esters is 1. The fourth-order valence-corrected chi connectivity index (χ4v) is 1.71. The predicted octanol–water partition coefficient (Wildman–Crippen LogP) is 2.37. The molecule has 23 heavy (non-hydrogen) atoms. The maximum absolute atomic E-state index is 12.1. The SMILES string of the molecule is C/C(N)=C(/C#N)C(=O)COC(=O)C(C)(C)Oc1ccc(Cl)cc1. The Morgan fingerprint density at radius 3 is 2.35 bits per heavy atom. The molecule has 0 saturated carbocycles. The number of ketones is 1. The summed E-state index contributed by atoms with van der Waals surface area (Å²) >= 11 is 5.77. The molecule has 0 spiro atoms. The maximum Gasteiger partial charge on any atom is 0.350 e. The van der Waals surface area contributed by atoms with Gasteiger partial charge < -0.3 is 15.2 Å². The third-order valence-electron chi connectivity index (χ3n) is 2.80. The number of rotatable bonds is 6. The molecule has 7 heteroatoms. The van der Waals surface area contributed by atoms with E-state index in [0.29, 0.717) is 10.8 Å². The summed E-state index contributed by atoms with van der Waals surface area (Å²) in [5.74, 6) is -0.978. The van der Waals surface area contributed by atoms with E-state index >= 15 is 0 Å². The predicted molar refractivity (Wildman–Crippen MR) is 84.6 cm³/mol. The van der Waals surface area contributed by atoms with Crippen molar-refractivity contribution in [2.24, 2.45) is 5.73 Å². The highest BCUT2D eigenvalue weighted by molar-refractivity contribution is 6.30. The topological polar surface area (TPSA) is 102 Å². The van der Waals surface area contributed by atoms with Crippen LogP contribution in [0.3, 0.4) is 0 Å². The van der Waals surface area contributed by atoms with E-state index in [4.69, 9.17) is 32.1 Å². The van der Waals surface area contributed by atoms with Crippen LogP contribution in [0.1, 0.15) is 20.8 Å². The minimum absolute atomic E-state index is 0.0743. The Kier molecular flexibility index (Phi) is 6.17. The molecule has 0 bridgehead atoms. The van der Waals surface area contributed by atoms with E-state index in [1.165, 1.54) is 20.8 Å².